The van der Waals surface area contributed by atoms with E-state index in [9.17, 15) is 18.4 Å². The third-order valence-corrected chi connectivity index (χ3v) is 4.81. The second-order valence-electron chi connectivity index (χ2n) is 6.97. The van der Waals surface area contributed by atoms with Gasteiger partial charge >= 0.3 is 12.1 Å². The lowest BCUT2D eigenvalue weighted by atomic mass is 9.98. The van der Waals surface area contributed by atoms with Crippen LogP contribution in [-0.2, 0) is 9.53 Å². The second kappa shape index (κ2) is 7.96. The maximum Gasteiger partial charge on any atom is 0.407 e. The topological polar surface area (TPSA) is 75.6 Å². The van der Waals surface area contributed by atoms with Gasteiger partial charge in [-0.25, -0.2) is 18.4 Å². The molecular formula is C21H21F2NO4. The standard InChI is InChI=1S/C21H21F2NO4/c1-21(22,23)11-10-18(19(25)26)24-20(27)28-12-17-15-8-4-2-6-13(15)14-7-3-5-9-16(14)17/h2-9,17-18H,10-12H2,1H3,(H,24,27)(H,25,26)/t18-/m1/s1. The molecule has 7 heteroatoms. The van der Waals surface area contributed by atoms with E-state index in [1.54, 1.807) is 0 Å². The van der Waals surface area contributed by atoms with Crippen molar-refractivity contribution < 1.29 is 28.2 Å². The van der Waals surface area contributed by atoms with E-state index >= 15 is 0 Å². The highest BCUT2D eigenvalue weighted by Crippen LogP contribution is 2.44. The summed E-state index contributed by atoms with van der Waals surface area (Å²) in [6.07, 6.45) is -1.97. The molecule has 0 aliphatic heterocycles. The number of hydrogen-bond donors (Lipinski definition) is 2. The average Bonchev–Trinajstić information content (AvgIpc) is 2.96. The summed E-state index contributed by atoms with van der Waals surface area (Å²) >= 11 is 0. The van der Waals surface area contributed by atoms with E-state index in [1.807, 2.05) is 48.5 Å². The Morgan fingerprint density at radius 2 is 1.64 bits per heavy atom. The van der Waals surface area contributed by atoms with E-state index in [4.69, 9.17) is 9.84 Å². The normalized spacial score (nSPS) is 14.1. The van der Waals surface area contributed by atoms with Crippen LogP contribution in [0.3, 0.4) is 0 Å². The minimum absolute atomic E-state index is 0.0239. The Labute approximate surface area is 161 Å². The lowest BCUT2D eigenvalue weighted by molar-refractivity contribution is -0.139. The molecule has 2 aromatic rings. The molecule has 0 saturated carbocycles. The summed E-state index contributed by atoms with van der Waals surface area (Å²) in [5.74, 6) is -4.55. The van der Waals surface area contributed by atoms with Crippen LogP contribution in [0.1, 0.15) is 36.8 Å². The van der Waals surface area contributed by atoms with Crippen LogP contribution >= 0.6 is 0 Å². The summed E-state index contributed by atoms with van der Waals surface area (Å²) in [5.41, 5.74) is 4.19. The summed E-state index contributed by atoms with van der Waals surface area (Å²) in [6.45, 7) is 0.731. The predicted molar refractivity (Wildman–Crippen MR) is 99.5 cm³/mol. The molecule has 0 aromatic heterocycles. The van der Waals surface area contributed by atoms with Gasteiger partial charge in [-0.3, -0.25) is 0 Å². The van der Waals surface area contributed by atoms with Crippen LogP contribution in [0.15, 0.2) is 48.5 Å². The molecule has 0 heterocycles. The zero-order valence-electron chi connectivity index (χ0n) is 15.3. The number of alkyl halides is 2. The van der Waals surface area contributed by atoms with Crippen LogP contribution in [0.2, 0.25) is 0 Å². The molecule has 2 N–H and O–H groups in total. The Hall–Kier alpha value is -2.96. The SMILES string of the molecule is CC(F)(F)CC[C@@H](NC(=O)OCC1c2ccccc2-c2ccccc21)C(=O)O. The van der Waals surface area contributed by atoms with Crippen molar-refractivity contribution >= 4 is 12.1 Å². The maximum absolute atomic E-state index is 13.0. The van der Waals surface area contributed by atoms with Crippen molar-refractivity contribution in [3.8, 4) is 11.1 Å². The smallest absolute Gasteiger partial charge is 0.407 e. The van der Waals surface area contributed by atoms with Gasteiger partial charge in [0, 0.05) is 12.3 Å². The first-order chi connectivity index (χ1) is 13.3. The van der Waals surface area contributed by atoms with Gasteiger partial charge in [-0.1, -0.05) is 48.5 Å². The quantitative estimate of drug-likeness (QED) is 0.735. The molecule has 0 fully saturated rings. The Morgan fingerprint density at radius 3 is 2.14 bits per heavy atom. The van der Waals surface area contributed by atoms with Gasteiger partial charge in [0.05, 0.1) is 0 Å². The Balaban J connectivity index is 1.65. The molecule has 1 aliphatic rings. The molecule has 0 bridgehead atoms. The van der Waals surface area contributed by atoms with Crippen molar-refractivity contribution in [2.75, 3.05) is 6.61 Å². The van der Waals surface area contributed by atoms with Crippen molar-refractivity contribution in [2.24, 2.45) is 0 Å². The van der Waals surface area contributed by atoms with Crippen molar-refractivity contribution in [3.05, 3.63) is 59.7 Å². The Morgan fingerprint density at radius 1 is 1.11 bits per heavy atom. The number of nitrogens with one attached hydrogen (secondary N) is 1. The minimum atomic E-state index is -3.00. The summed E-state index contributed by atoms with van der Waals surface area (Å²) in [7, 11) is 0. The van der Waals surface area contributed by atoms with Crippen LogP contribution in [0.5, 0.6) is 0 Å². The van der Waals surface area contributed by atoms with E-state index in [-0.39, 0.29) is 18.9 Å². The van der Waals surface area contributed by atoms with Gasteiger partial charge in [0.25, 0.3) is 0 Å². The third kappa shape index (κ3) is 4.47. The van der Waals surface area contributed by atoms with E-state index in [1.165, 1.54) is 0 Å². The fourth-order valence-electron chi connectivity index (χ4n) is 3.44. The van der Waals surface area contributed by atoms with Crippen LogP contribution < -0.4 is 5.32 Å². The number of amides is 1. The molecule has 148 valence electrons. The van der Waals surface area contributed by atoms with Gasteiger partial charge in [-0.2, -0.15) is 0 Å². The van der Waals surface area contributed by atoms with Gasteiger partial charge in [0.15, 0.2) is 0 Å². The molecule has 0 spiro atoms. The number of rotatable bonds is 7. The lowest BCUT2D eigenvalue weighted by Crippen LogP contribution is -2.42. The molecule has 28 heavy (non-hydrogen) atoms. The lowest BCUT2D eigenvalue weighted by Gasteiger charge is -2.18. The van der Waals surface area contributed by atoms with Crippen LogP contribution in [-0.4, -0.2) is 35.7 Å². The number of ether oxygens (including phenoxy) is 1. The first kappa shape index (κ1) is 19.8. The van der Waals surface area contributed by atoms with Gasteiger partial charge in [0.2, 0.25) is 5.92 Å². The Kier molecular flexibility index (Phi) is 5.63. The molecule has 0 saturated heterocycles. The number of benzene rings is 2. The number of alkyl carbamates (subject to hydrolysis) is 1. The summed E-state index contributed by atoms with van der Waals surface area (Å²) < 4.78 is 31.2. The zero-order valence-corrected chi connectivity index (χ0v) is 15.3. The Bertz CT molecular complexity index is 833. The van der Waals surface area contributed by atoms with E-state index in [0.717, 1.165) is 22.3 Å². The van der Waals surface area contributed by atoms with E-state index < -0.39 is 30.4 Å². The van der Waals surface area contributed by atoms with Crippen molar-refractivity contribution in [1.82, 2.24) is 5.32 Å². The monoisotopic (exact) mass is 389 g/mol. The third-order valence-electron chi connectivity index (χ3n) is 4.81. The van der Waals surface area contributed by atoms with Crippen LogP contribution in [0.25, 0.3) is 11.1 Å². The van der Waals surface area contributed by atoms with Gasteiger partial charge in [-0.15, -0.1) is 0 Å². The number of carboxylic acid groups (broad SMARTS) is 1. The summed E-state index contributed by atoms with van der Waals surface area (Å²) in [6, 6.07) is 14.2. The largest absolute Gasteiger partial charge is 0.480 e. The van der Waals surface area contributed by atoms with Crippen molar-refractivity contribution in [2.45, 2.75) is 37.6 Å². The number of carboxylic acids is 1. The van der Waals surface area contributed by atoms with Gasteiger partial charge in [0.1, 0.15) is 12.6 Å². The van der Waals surface area contributed by atoms with E-state index in [0.29, 0.717) is 6.92 Å². The first-order valence-electron chi connectivity index (χ1n) is 8.98. The molecule has 3 rings (SSSR count). The van der Waals surface area contributed by atoms with Crippen LogP contribution in [0.4, 0.5) is 13.6 Å². The molecular weight excluding hydrogens is 368 g/mol. The maximum atomic E-state index is 13.0. The highest BCUT2D eigenvalue weighted by atomic mass is 19.3. The second-order valence-corrected chi connectivity index (χ2v) is 6.97. The number of hydrogen-bond acceptors (Lipinski definition) is 3. The molecule has 2 aromatic carbocycles. The number of carbonyl (C=O) groups excluding carboxylic acids is 1. The molecule has 5 nitrogen and oxygen atoms in total. The number of aliphatic carboxylic acids is 1. The fourth-order valence-corrected chi connectivity index (χ4v) is 3.44. The fraction of sp³-hybridized carbons (Fsp3) is 0.333. The molecule has 0 radical (unpaired) electrons. The number of fused-ring (bicyclic) bond motifs is 3. The van der Waals surface area contributed by atoms with Crippen molar-refractivity contribution in [3.63, 3.8) is 0 Å². The van der Waals surface area contributed by atoms with Gasteiger partial charge in [-0.05, 0) is 35.6 Å². The predicted octanol–water partition coefficient (Wildman–Crippen LogP) is 4.41. The zero-order chi connectivity index (χ0) is 20.3. The minimum Gasteiger partial charge on any atom is -0.480 e. The molecule has 1 aliphatic carbocycles. The molecule has 1 atom stereocenters. The highest BCUT2D eigenvalue weighted by molar-refractivity contribution is 5.81. The van der Waals surface area contributed by atoms with E-state index in [2.05, 4.69) is 5.32 Å². The number of halogens is 2. The summed E-state index contributed by atoms with van der Waals surface area (Å²) in [5, 5.41) is 11.3. The average molecular weight is 389 g/mol. The molecule has 0 unspecified atom stereocenters. The summed E-state index contributed by atoms with van der Waals surface area (Å²) in [4.78, 5) is 23.3. The highest BCUT2D eigenvalue weighted by Gasteiger charge is 2.30. The van der Waals surface area contributed by atoms with Gasteiger partial charge < -0.3 is 15.2 Å². The van der Waals surface area contributed by atoms with Crippen molar-refractivity contribution in [1.29, 1.82) is 0 Å². The van der Waals surface area contributed by atoms with Crippen LogP contribution in [0, 0.1) is 0 Å². The number of carbonyl (C=O) groups is 2. The molecule has 1 amide bonds. The first-order valence-corrected chi connectivity index (χ1v) is 8.98.